The topological polar surface area (TPSA) is 24.9 Å². The van der Waals surface area contributed by atoms with E-state index in [1.165, 1.54) is 30.2 Å². The van der Waals surface area contributed by atoms with Crippen molar-refractivity contribution in [2.24, 2.45) is 5.92 Å². The van der Waals surface area contributed by atoms with E-state index >= 15 is 0 Å². The molecule has 1 N–H and O–H groups in total. The summed E-state index contributed by atoms with van der Waals surface area (Å²) >= 11 is 0. The van der Waals surface area contributed by atoms with E-state index in [1.807, 2.05) is 0 Å². The van der Waals surface area contributed by atoms with Crippen LogP contribution in [0.5, 0.6) is 0 Å². The Morgan fingerprint density at radius 2 is 2.11 bits per heavy atom. The molecule has 1 atom stereocenters. The summed E-state index contributed by atoms with van der Waals surface area (Å²) in [5, 5.41) is 4.97. The Morgan fingerprint density at radius 3 is 2.84 bits per heavy atom. The summed E-state index contributed by atoms with van der Waals surface area (Å²) in [5.74, 6) is 0.927. The third kappa shape index (κ3) is 2.79. The van der Waals surface area contributed by atoms with Crippen LogP contribution in [0, 0.1) is 12.8 Å². The fourth-order valence-electron chi connectivity index (χ4n) is 2.88. The normalized spacial score (nSPS) is 16.7. The van der Waals surface area contributed by atoms with Gasteiger partial charge in [0.1, 0.15) is 0 Å². The van der Waals surface area contributed by atoms with E-state index in [2.05, 4.69) is 54.5 Å². The van der Waals surface area contributed by atoms with Crippen molar-refractivity contribution < 1.29 is 0 Å². The first-order valence-electron chi connectivity index (χ1n) is 7.37. The Hall–Kier alpha value is -1.41. The smallest absolute Gasteiger partial charge is 0.0708 e. The van der Waals surface area contributed by atoms with Crippen molar-refractivity contribution in [3.8, 4) is 0 Å². The van der Waals surface area contributed by atoms with Crippen molar-refractivity contribution in [3.63, 3.8) is 0 Å². The molecule has 2 aromatic rings. The van der Waals surface area contributed by atoms with Crippen LogP contribution in [0.1, 0.15) is 43.5 Å². The lowest BCUT2D eigenvalue weighted by molar-refractivity contribution is 0.489. The summed E-state index contributed by atoms with van der Waals surface area (Å²) in [6.45, 7) is 5.30. The molecule has 1 aromatic carbocycles. The predicted molar refractivity (Wildman–Crippen MR) is 80.2 cm³/mol. The Morgan fingerprint density at radius 1 is 1.32 bits per heavy atom. The van der Waals surface area contributed by atoms with E-state index in [4.69, 9.17) is 0 Å². The number of aromatic nitrogens is 1. The van der Waals surface area contributed by atoms with Gasteiger partial charge < -0.3 is 5.32 Å². The predicted octanol–water partition coefficient (Wildman–Crippen LogP) is 3.99. The Kier molecular flexibility index (Phi) is 3.52. The van der Waals surface area contributed by atoms with Gasteiger partial charge in [0.05, 0.1) is 5.52 Å². The van der Waals surface area contributed by atoms with Crippen LogP contribution in [0.4, 0.5) is 0 Å². The molecule has 1 aliphatic rings. The first-order valence-corrected chi connectivity index (χ1v) is 7.37. The number of hydrogen-bond donors (Lipinski definition) is 1. The summed E-state index contributed by atoms with van der Waals surface area (Å²) in [7, 11) is 0. The Balaban J connectivity index is 2.04. The van der Waals surface area contributed by atoms with Crippen LogP contribution in [0.3, 0.4) is 0 Å². The highest BCUT2D eigenvalue weighted by Gasteiger charge is 2.26. The second-order valence-corrected chi connectivity index (χ2v) is 5.66. The minimum absolute atomic E-state index is 0.476. The van der Waals surface area contributed by atoms with Gasteiger partial charge in [-0.2, -0.15) is 0 Å². The molecule has 1 heterocycles. The number of pyridine rings is 1. The van der Waals surface area contributed by atoms with E-state index in [0.717, 1.165) is 23.7 Å². The van der Waals surface area contributed by atoms with Crippen molar-refractivity contribution in [1.82, 2.24) is 10.3 Å². The zero-order valence-electron chi connectivity index (χ0n) is 11.8. The molecule has 1 unspecified atom stereocenters. The summed E-state index contributed by atoms with van der Waals surface area (Å²) in [6, 6.07) is 11.2. The fraction of sp³-hybridized carbons (Fsp3) is 0.471. The van der Waals surface area contributed by atoms with Gasteiger partial charge in [0.15, 0.2) is 0 Å². The number of nitrogens with one attached hydrogen (secondary N) is 1. The van der Waals surface area contributed by atoms with E-state index in [9.17, 15) is 0 Å². The second kappa shape index (κ2) is 5.30. The van der Waals surface area contributed by atoms with Crippen molar-refractivity contribution in [3.05, 3.63) is 41.6 Å². The molecule has 3 rings (SSSR count). The molecule has 2 heteroatoms. The minimum atomic E-state index is 0.476. The lowest BCUT2D eigenvalue weighted by atomic mass is 9.96. The Labute approximate surface area is 115 Å². The van der Waals surface area contributed by atoms with Gasteiger partial charge in [-0.3, -0.25) is 4.98 Å². The molecule has 100 valence electrons. The highest BCUT2D eigenvalue weighted by atomic mass is 14.9. The van der Waals surface area contributed by atoms with Gasteiger partial charge in [-0.25, -0.2) is 0 Å². The van der Waals surface area contributed by atoms with Gasteiger partial charge in [-0.05, 0) is 43.5 Å². The molecular weight excluding hydrogens is 232 g/mol. The average molecular weight is 254 g/mol. The average Bonchev–Trinajstić information content (AvgIpc) is 3.21. The van der Waals surface area contributed by atoms with E-state index in [0.29, 0.717) is 6.04 Å². The minimum Gasteiger partial charge on any atom is -0.310 e. The first kappa shape index (κ1) is 12.6. The molecule has 0 bridgehead atoms. The zero-order chi connectivity index (χ0) is 13.2. The zero-order valence-corrected chi connectivity index (χ0v) is 11.8. The monoisotopic (exact) mass is 254 g/mol. The molecule has 0 amide bonds. The van der Waals surface area contributed by atoms with Gasteiger partial charge in [0, 0.05) is 17.1 Å². The molecule has 2 nitrogen and oxygen atoms in total. The largest absolute Gasteiger partial charge is 0.310 e. The molecule has 0 spiro atoms. The summed E-state index contributed by atoms with van der Waals surface area (Å²) in [4.78, 5) is 4.65. The highest BCUT2D eigenvalue weighted by Crippen LogP contribution is 2.39. The molecule has 0 aliphatic heterocycles. The van der Waals surface area contributed by atoms with Crippen LogP contribution >= 0.6 is 0 Å². The highest BCUT2D eigenvalue weighted by molar-refractivity contribution is 5.82. The van der Waals surface area contributed by atoms with Crippen LogP contribution in [0.2, 0.25) is 0 Å². The molecule has 1 aromatic heterocycles. The van der Waals surface area contributed by atoms with Gasteiger partial charge in [0.2, 0.25) is 0 Å². The summed E-state index contributed by atoms with van der Waals surface area (Å²) in [6.07, 6.45) is 4.08. The number of aryl methyl sites for hydroxylation is 1. The Bertz CT molecular complexity index is 572. The van der Waals surface area contributed by atoms with Crippen molar-refractivity contribution >= 4 is 10.9 Å². The molecule has 1 fully saturated rings. The lowest BCUT2D eigenvalue weighted by Crippen LogP contribution is -2.22. The van der Waals surface area contributed by atoms with Crippen LogP contribution in [-0.2, 0) is 0 Å². The molecule has 0 saturated heterocycles. The number of para-hydroxylation sites is 1. The number of benzene rings is 1. The van der Waals surface area contributed by atoms with Gasteiger partial charge in [-0.15, -0.1) is 0 Å². The number of hydrogen-bond acceptors (Lipinski definition) is 2. The third-order valence-corrected chi connectivity index (χ3v) is 3.97. The number of rotatable bonds is 5. The van der Waals surface area contributed by atoms with Gasteiger partial charge in [0.25, 0.3) is 0 Å². The maximum Gasteiger partial charge on any atom is 0.0708 e. The molecule has 1 saturated carbocycles. The molecular formula is C17H22N2. The van der Waals surface area contributed by atoms with E-state index in [-0.39, 0.29) is 0 Å². The quantitative estimate of drug-likeness (QED) is 0.872. The van der Waals surface area contributed by atoms with Gasteiger partial charge in [-0.1, -0.05) is 38.0 Å². The second-order valence-electron chi connectivity index (χ2n) is 5.66. The van der Waals surface area contributed by atoms with Crippen molar-refractivity contribution in [2.75, 3.05) is 6.54 Å². The molecule has 1 aliphatic carbocycles. The summed E-state index contributed by atoms with van der Waals surface area (Å²) in [5.41, 5.74) is 3.67. The molecule has 0 radical (unpaired) electrons. The maximum absolute atomic E-state index is 4.65. The van der Waals surface area contributed by atoms with Crippen molar-refractivity contribution in [2.45, 2.75) is 39.2 Å². The maximum atomic E-state index is 4.65. The number of fused-ring (bicyclic) bond motifs is 1. The standard InChI is InChI=1S/C17H22N2/c1-3-18-17(11-13-8-9-13)15-10-12(2)19-16-7-5-4-6-14(15)16/h4-7,10,13,17-18H,3,8-9,11H2,1-2H3. The van der Waals surface area contributed by atoms with Crippen LogP contribution < -0.4 is 5.32 Å². The van der Waals surface area contributed by atoms with Crippen LogP contribution in [-0.4, -0.2) is 11.5 Å². The first-order chi connectivity index (χ1) is 9.28. The van der Waals surface area contributed by atoms with E-state index < -0.39 is 0 Å². The number of nitrogens with zero attached hydrogens (tertiary/aromatic N) is 1. The van der Waals surface area contributed by atoms with E-state index in [1.54, 1.807) is 0 Å². The SMILES string of the molecule is CCNC(CC1CC1)c1cc(C)nc2ccccc12. The van der Waals surface area contributed by atoms with Crippen molar-refractivity contribution in [1.29, 1.82) is 0 Å². The summed E-state index contributed by atoms with van der Waals surface area (Å²) < 4.78 is 0. The lowest BCUT2D eigenvalue weighted by Gasteiger charge is -2.20. The fourth-order valence-corrected chi connectivity index (χ4v) is 2.88. The molecule has 19 heavy (non-hydrogen) atoms. The van der Waals surface area contributed by atoms with Crippen LogP contribution in [0.15, 0.2) is 30.3 Å². The van der Waals surface area contributed by atoms with Crippen LogP contribution in [0.25, 0.3) is 10.9 Å². The van der Waals surface area contributed by atoms with Gasteiger partial charge >= 0.3 is 0 Å². The third-order valence-electron chi connectivity index (χ3n) is 3.97.